The highest BCUT2D eigenvalue weighted by atomic mass is 16.6. The van der Waals surface area contributed by atoms with Crippen LogP contribution < -0.4 is 28.4 Å². The maximum absolute atomic E-state index is 6.74. The summed E-state index contributed by atoms with van der Waals surface area (Å²) in [5, 5.41) is 6.48. The Morgan fingerprint density at radius 3 is 0.371 bits per heavy atom. The van der Waals surface area contributed by atoms with Gasteiger partial charge in [-0.05, 0) is 196 Å². The lowest BCUT2D eigenvalue weighted by atomic mass is 10.1. The van der Waals surface area contributed by atoms with Crippen LogP contribution in [0.2, 0.25) is 0 Å². The summed E-state index contributed by atoms with van der Waals surface area (Å²) in [4.78, 5) is 0. The van der Waals surface area contributed by atoms with Gasteiger partial charge in [0.1, 0.15) is 39.6 Å². The Morgan fingerprint density at radius 1 is 0.145 bits per heavy atom. The minimum absolute atomic E-state index is 0.143. The van der Waals surface area contributed by atoms with Crippen molar-refractivity contribution in [2.24, 2.45) is 0 Å². The number of ether oxygens (including phenoxy) is 24. The van der Waals surface area contributed by atoms with Crippen molar-refractivity contribution >= 4 is 64.6 Å². The third-order valence-corrected chi connectivity index (χ3v) is 17.3. The summed E-state index contributed by atoms with van der Waals surface area (Å²) >= 11 is 0. The maximum Gasteiger partial charge on any atom is 0.150 e. The van der Waals surface area contributed by atoms with Gasteiger partial charge in [-0.15, -0.1) is 0 Å². The van der Waals surface area contributed by atoms with Gasteiger partial charge in [0.2, 0.25) is 0 Å². The maximum atomic E-state index is 6.74. The first kappa shape index (κ1) is 101. The second kappa shape index (κ2) is 62.9. The zero-order valence-corrected chi connectivity index (χ0v) is 74.2. The number of methoxy groups -OCH3 is 6. The SMILES string of the molecule is COCCOCCOCCOc1c2c#cc#cc3cc(C)cc(c#cc4cc(C)cc(c#cc5cc(C)cc(c#cc#cc6cc(C)cc(c#cc7cc(C)cc(c#cc1cc(C)c2)c7OCCOCCOCCOC)c6OCCOCCOCCOC)c5OCCOCCOCCOC)c4OCCOCCOCCOC)c3OCCOCCOCCOC. The Labute approximate surface area is 734 Å². The molecule has 664 valence electrons. The third-order valence-electron chi connectivity index (χ3n) is 17.3. The van der Waals surface area contributed by atoms with Crippen molar-refractivity contribution in [1.29, 1.82) is 0 Å². The molecular weight excluding hydrogens is 1590 g/mol. The molecule has 0 N–H and O–H groups in total. The van der Waals surface area contributed by atoms with E-state index in [1.54, 1.807) is 42.7 Å². The van der Waals surface area contributed by atoms with E-state index < -0.39 is 0 Å². The van der Waals surface area contributed by atoms with Crippen LogP contribution in [0.15, 0.2) is 72.8 Å². The van der Waals surface area contributed by atoms with E-state index in [0.717, 1.165) is 33.4 Å². The van der Waals surface area contributed by atoms with Gasteiger partial charge in [0.25, 0.3) is 0 Å². The zero-order valence-electron chi connectivity index (χ0n) is 74.2. The second-order valence-electron chi connectivity index (χ2n) is 27.5. The van der Waals surface area contributed by atoms with E-state index in [0.29, 0.717) is 258 Å². The number of aryl methyl sites for hydroxylation is 6. The van der Waals surface area contributed by atoms with E-state index in [1.807, 2.05) is 114 Å². The van der Waals surface area contributed by atoms with Crippen molar-refractivity contribution in [2.45, 2.75) is 41.5 Å². The molecule has 24 nitrogen and oxygen atoms in total. The van der Waals surface area contributed by atoms with Gasteiger partial charge in [0.05, 0.1) is 263 Å². The molecule has 124 heavy (non-hydrogen) atoms. The Balaban J connectivity index is 1.55. The molecule has 7 aromatic rings. The van der Waals surface area contributed by atoms with E-state index in [-0.39, 0.29) is 79.3 Å². The predicted octanol–water partition coefficient (Wildman–Crippen LogP) is 13.8. The van der Waals surface area contributed by atoms with Crippen molar-refractivity contribution in [1.82, 2.24) is 0 Å². The number of rotatable bonds is 60. The van der Waals surface area contributed by atoms with Crippen LogP contribution >= 0.6 is 0 Å². The minimum atomic E-state index is 0.143. The van der Waals surface area contributed by atoms with Crippen molar-refractivity contribution in [2.75, 3.05) is 281 Å². The zero-order chi connectivity index (χ0) is 88.1. The first-order chi connectivity index (χ1) is 60.9. The Kier molecular flexibility index (Phi) is 51.2. The summed E-state index contributed by atoms with van der Waals surface area (Å²) in [5.74, 6) is 2.51. The average Bonchev–Trinajstić information content (AvgIpc) is 0.806. The fraction of sp³-hybridized carbons (Fsp3) is 0.480. The minimum Gasteiger partial charge on any atom is -0.489 e. The average molecular weight is 1710 g/mol. The van der Waals surface area contributed by atoms with E-state index in [9.17, 15) is 0 Å². The number of fused-ring (bicyclic) bond motifs is 12. The fourth-order valence-corrected chi connectivity index (χ4v) is 11.6. The molecule has 0 radical (unpaired) electrons. The molecule has 12 bridgehead atoms. The molecule has 24 heteroatoms. The van der Waals surface area contributed by atoms with E-state index in [4.69, 9.17) is 114 Å². The summed E-state index contributed by atoms with van der Waals surface area (Å²) in [6, 6.07) is 77.1. The van der Waals surface area contributed by atoms with Crippen molar-refractivity contribution in [3.63, 3.8) is 0 Å². The molecule has 0 spiro atoms. The molecule has 7 rings (SSSR count). The van der Waals surface area contributed by atoms with Gasteiger partial charge >= 0.3 is 0 Å². The lowest BCUT2D eigenvalue weighted by molar-refractivity contribution is 0.0181. The molecule has 0 fully saturated rings. The quantitative estimate of drug-likeness (QED) is 0.0323. The van der Waals surface area contributed by atoms with Gasteiger partial charge < -0.3 is 114 Å². The molecule has 0 aromatic heterocycles. The lowest BCUT2D eigenvalue weighted by Gasteiger charge is -2.10. The van der Waals surface area contributed by atoms with Gasteiger partial charge in [0.15, 0.2) is 34.5 Å². The van der Waals surface area contributed by atoms with E-state index in [2.05, 4.69) is 97.1 Å². The molecule has 0 unspecified atom stereocenters. The van der Waals surface area contributed by atoms with Crippen molar-refractivity contribution < 1.29 is 114 Å². The molecule has 0 saturated carbocycles. The Morgan fingerprint density at radius 2 is 0.250 bits per heavy atom. The fourth-order valence-electron chi connectivity index (χ4n) is 11.6. The van der Waals surface area contributed by atoms with Gasteiger partial charge in [-0.1, -0.05) is 48.5 Å². The summed E-state index contributed by atoms with van der Waals surface area (Å²) in [5.41, 5.74) is 5.15. The van der Waals surface area contributed by atoms with Gasteiger partial charge in [-0.25, -0.2) is 0 Å². The first-order valence-electron chi connectivity index (χ1n) is 41.5. The molecule has 0 heterocycles. The highest BCUT2D eigenvalue weighted by Gasteiger charge is 2.13. The summed E-state index contributed by atoms with van der Waals surface area (Å²) in [6.45, 7) is 23.8. The van der Waals surface area contributed by atoms with Crippen LogP contribution in [0.4, 0.5) is 0 Å². The largest absolute Gasteiger partial charge is 0.489 e. The highest BCUT2D eigenvalue weighted by molar-refractivity contribution is 5.86. The van der Waals surface area contributed by atoms with Crippen LogP contribution in [-0.4, -0.2) is 281 Å². The summed E-state index contributed by atoms with van der Waals surface area (Å²) in [6.07, 6.45) is 0. The molecule has 0 aliphatic rings. The Bertz CT molecular complexity index is 4070. The van der Waals surface area contributed by atoms with Crippen LogP contribution in [-0.2, 0) is 85.3 Å². The third kappa shape index (κ3) is 39.8. The number of hydrogen-bond acceptors (Lipinski definition) is 24. The van der Waals surface area contributed by atoms with Crippen LogP contribution in [0.1, 0.15) is 33.4 Å². The van der Waals surface area contributed by atoms with Crippen molar-refractivity contribution in [3.05, 3.63) is 203 Å². The highest BCUT2D eigenvalue weighted by Crippen LogP contribution is 2.33. The monoisotopic (exact) mass is 1700 g/mol. The number of hydrogen-bond donors (Lipinski definition) is 0. The second-order valence-corrected chi connectivity index (χ2v) is 27.5. The molecule has 0 aliphatic heterocycles. The van der Waals surface area contributed by atoms with Crippen LogP contribution in [0.3, 0.4) is 0 Å². The standard InChI is InChI=1S/C100H120O24/c1-77-65-83-17-13-14-18-84-66-78(2)70-88(96(84)120-60-54-114-48-42-108-36-30-102-8)23-27-93-75-82(6)76-94(100(93)124-64-58-118-52-46-112-40-34-106-12)28-24-90-72-80(4)68-86(98(90)122-62-56-116-50-44-110-38-32-104-10)20-16-15-19-85-67-79(3)71-89(97(85)121-61-55-115-49-43-109-37-31-103-9)22-26-92-74-81(5)73-91(99(92)123-63-57-117-51-45-111-39-33-105-11)25-21-87(69-77)95(83)119-59-53-113-47-41-107-35-29-101-7/h65-76H,29-64H2,1-12H3. The van der Waals surface area contributed by atoms with Gasteiger partial charge in [-0.3, -0.25) is 0 Å². The summed E-state index contributed by atoms with van der Waals surface area (Å²) in [7, 11) is 9.77. The van der Waals surface area contributed by atoms with Crippen LogP contribution in [0.5, 0.6) is 34.5 Å². The van der Waals surface area contributed by atoms with Crippen LogP contribution in [0, 0.1) is 139 Å². The molecule has 0 saturated heterocycles. The van der Waals surface area contributed by atoms with E-state index in [1.165, 1.54) is 0 Å². The van der Waals surface area contributed by atoms with Crippen LogP contribution in [0.25, 0.3) is 64.6 Å². The molecule has 0 aliphatic carbocycles. The lowest BCUT2D eigenvalue weighted by Crippen LogP contribution is -2.12. The van der Waals surface area contributed by atoms with Gasteiger partial charge in [-0.2, -0.15) is 0 Å². The normalized spacial score (nSPS) is 10.7. The topological polar surface area (TPSA) is 222 Å². The first-order valence-corrected chi connectivity index (χ1v) is 41.5. The number of benzene rings is 6. The predicted molar refractivity (Wildman–Crippen MR) is 472 cm³/mol. The Hall–Kier alpha value is -10.1. The van der Waals surface area contributed by atoms with E-state index >= 15 is 0 Å². The van der Waals surface area contributed by atoms with Gasteiger partial charge in [0, 0.05) is 42.7 Å². The smallest absolute Gasteiger partial charge is 0.150 e. The molecular formula is C100H120O24. The molecule has 0 atom stereocenters. The molecule has 7 aromatic carbocycles. The van der Waals surface area contributed by atoms with Crippen molar-refractivity contribution in [3.8, 4) is 34.5 Å². The molecule has 0 amide bonds. The summed E-state index contributed by atoms with van der Waals surface area (Å²) < 4.78 is 141.